The summed E-state index contributed by atoms with van der Waals surface area (Å²) in [5.41, 5.74) is 0.488. The number of nitrogens with zero attached hydrogens (tertiary/aromatic N) is 2. The van der Waals surface area contributed by atoms with Gasteiger partial charge in [-0.1, -0.05) is 12.1 Å². The van der Waals surface area contributed by atoms with E-state index in [9.17, 15) is 15.0 Å². The number of fused-ring (bicyclic) bond motifs is 1. The maximum atomic E-state index is 11.9. The van der Waals surface area contributed by atoms with Crippen molar-refractivity contribution in [2.24, 2.45) is 0 Å². The van der Waals surface area contributed by atoms with Gasteiger partial charge >= 0.3 is 0 Å². The van der Waals surface area contributed by atoms with Crippen LogP contribution in [-0.2, 0) is 6.54 Å². The van der Waals surface area contributed by atoms with Crippen LogP contribution in [0, 0.1) is 0 Å². The van der Waals surface area contributed by atoms with E-state index in [-0.39, 0.29) is 5.56 Å². The number of hydrogen-bond acceptors (Lipinski definition) is 5. The van der Waals surface area contributed by atoms with E-state index in [1.165, 1.54) is 0 Å². The number of aliphatic hydroxyl groups is 2. The Morgan fingerprint density at radius 1 is 1.26 bits per heavy atom. The largest absolute Gasteiger partial charge is 0.389 e. The summed E-state index contributed by atoms with van der Waals surface area (Å²) in [7, 11) is 0. The van der Waals surface area contributed by atoms with Crippen LogP contribution < -0.4 is 5.56 Å². The number of nitrogens with one attached hydrogen (secondary N) is 1. The molecule has 2 heterocycles. The Labute approximate surface area is 109 Å². The van der Waals surface area contributed by atoms with Crippen molar-refractivity contribution in [1.82, 2.24) is 14.9 Å². The molecule has 2 atom stereocenters. The van der Waals surface area contributed by atoms with Crippen molar-refractivity contribution < 1.29 is 10.2 Å². The first-order valence-electron chi connectivity index (χ1n) is 6.20. The third kappa shape index (κ3) is 2.37. The second kappa shape index (κ2) is 4.73. The fourth-order valence-corrected chi connectivity index (χ4v) is 2.40. The molecule has 2 aromatic rings. The maximum absolute atomic E-state index is 11.9. The van der Waals surface area contributed by atoms with Crippen LogP contribution in [0.1, 0.15) is 5.82 Å². The molecule has 1 aromatic heterocycles. The molecular formula is C13H15N3O3. The zero-order valence-corrected chi connectivity index (χ0v) is 10.3. The number of benzene rings is 1. The summed E-state index contributed by atoms with van der Waals surface area (Å²) in [6.07, 6.45) is -1.46. The summed E-state index contributed by atoms with van der Waals surface area (Å²) >= 11 is 0. The van der Waals surface area contributed by atoms with Crippen LogP contribution in [0.3, 0.4) is 0 Å². The Kier molecular flexibility index (Phi) is 3.06. The predicted octanol–water partition coefficient (Wildman–Crippen LogP) is -0.539. The monoisotopic (exact) mass is 261 g/mol. The van der Waals surface area contributed by atoms with Gasteiger partial charge in [0.15, 0.2) is 0 Å². The van der Waals surface area contributed by atoms with Crippen molar-refractivity contribution in [2.75, 3.05) is 13.1 Å². The molecule has 3 N–H and O–H groups in total. The molecule has 0 radical (unpaired) electrons. The van der Waals surface area contributed by atoms with E-state index in [0.29, 0.717) is 36.4 Å². The number of rotatable bonds is 2. The van der Waals surface area contributed by atoms with Crippen LogP contribution in [0.15, 0.2) is 29.1 Å². The normalized spacial score (nSPS) is 24.1. The minimum atomic E-state index is -0.729. The first-order valence-corrected chi connectivity index (χ1v) is 6.20. The summed E-state index contributed by atoms with van der Waals surface area (Å²) in [6.45, 7) is 1.18. The molecule has 0 bridgehead atoms. The summed E-state index contributed by atoms with van der Waals surface area (Å²) in [4.78, 5) is 20.9. The van der Waals surface area contributed by atoms with Crippen molar-refractivity contribution in [1.29, 1.82) is 0 Å². The molecule has 1 aliphatic heterocycles. The third-order valence-electron chi connectivity index (χ3n) is 3.37. The van der Waals surface area contributed by atoms with Gasteiger partial charge in [0, 0.05) is 13.1 Å². The summed E-state index contributed by atoms with van der Waals surface area (Å²) in [5.74, 6) is 0.546. The predicted molar refractivity (Wildman–Crippen MR) is 69.7 cm³/mol. The van der Waals surface area contributed by atoms with Crippen molar-refractivity contribution in [2.45, 2.75) is 18.8 Å². The molecule has 2 unspecified atom stereocenters. The number of para-hydroxylation sites is 1. The number of aliphatic hydroxyl groups excluding tert-OH is 2. The van der Waals surface area contributed by atoms with Crippen LogP contribution in [0.2, 0.25) is 0 Å². The molecule has 0 saturated carbocycles. The van der Waals surface area contributed by atoms with Gasteiger partial charge in [-0.05, 0) is 12.1 Å². The molecule has 0 amide bonds. The third-order valence-corrected chi connectivity index (χ3v) is 3.37. The first kappa shape index (κ1) is 12.3. The minimum absolute atomic E-state index is 0.166. The Bertz CT molecular complexity index is 645. The molecular weight excluding hydrogens is 246 g/mol. The van der Waals surface area contributed by atoms with Crippen LogP contribution in [-0.4, -0.2) is 50.4 Å². The van der Waals surface area contributed by atoms with Gasteiger partial charge in [0.05, 0.1) is 29.7 Å². The molecule has 6 nitrogen and oxygen atoms in total. The average molecular weight is 261 g/mol. The smallest absolute Gasteiger partial charge is 0.258 e. The Morgan fingerprint density at radius 3 is 2.68 bits per heavy atom. The SMILES string of the molecule is O=c1[nH]c(CN2CC(O)C(O)C2)nc2ccccc12. The van der Waals surface area contributed by atoms with E-state index in [2.05, 4.69) is 9.97 Å². The molecule has 100 valence electrons. The van der Waals surface area contributed by atoms with Crippen LogP contribution in [0.5, 0.6) is 0 Å². The first-order chi connectivity index (χ1) is 9.13. The zero-order valence-electron chi connectivity index (χ0n) is 10.3. The minimum Gasteiger partial charge on any atom is -0.389 e. The zero-order chi connectivity index (χ0) is 13.4. The van der Waals surface area contributed by atoms with Gasteiger partial charge in [0.2, 0.25) is 0 Å². The van der Waals surface area contributed by atoms with Crippen LogP contribution in [0.25, 0.3) is 10.9 Å². The Balaban J connectivity index is 1.88. The Hall–Kier alpha value is -1.76. The van der Waals surface area contributed by atoms with Crippen LogP contribution in [0.4, 0.5) is 0 Å². The standard InChI is InChI=1S/C13H15N3O3/c17-10-5-16(6-11(10)18)7-12-14-9-4-2-1-3-8(9)13(19)15-12/h1-4,10-11,17-18H,5-7H2,(H,14,15,19). The lowest BCUT2D eigenvalue weighted by atomic mass is 10.2. The highest BCUT2D eigenvalue weighted by Crippen LogP contribution is 2.13. The topological polar surface area (TPSA) is 89.5 Å². The summed E-state index contributed by atoms with van der Waals surface area (Å²) in [5, 5.41) is 19.5. The van der Waals surface area contributed by atoms with Gasteiger partial charge in [-0.15, -0.1) is 0 Å². The van der Waals surface area contributed by atoms with Gasteiger partial charge < -0.3 is 15.2 Å². The van der Waals surface area contributed by atoms with Crippen molar-refractivity contribution in [3.05, 3.63) is 40.4 Å². The summed E-state index contributed by atoms with van der Waals surface area (Å²) < 4.78 is 0. The molecule has 3 rings (SSSR count). The second-order valence-corrected chi connectivity index (χ2v) is 4.86. The molecule has 0 spiro atoms. The highest BCUT2D eigenvalue weighted by atomic mass is 16.3. The molecule has 1 saturated heterocycles. The van der Waals surface area contributed by atoms with E-state index in [1.807, 2.05) is 11.0 Å². The quantitative estimate of drug-likeness (QED) is 0.675. The number of hydrogen-bond donors (Lipinski definition) is 3. The van der Waals surface area contributed by atoms with E-state index >= 15 is 0 Å². The van der Waals surface area contributed by atoms with Crippen molar-refractivity contribution >= 4 is 10.9 Å². The second-order valence-electron chi connectivity index (χ2n) is 4.86. The lowest BCUT2D eigenvalue weighted by Crippen LogP contribution is -2.24. The van der Waals surface area contributed by atoms with Gasteiger partial charge in [0.1, 0.15) is 5.82 Å². The van der Waals surface area contributed by atoms with Crippen LogP contribution >= 0.6 is 0 Å². The number of aromatic amines is 1. The molecule has 0 aliphatic carbocycles. The molecule has 1 aromatic carbocycles. The Morgan fingerprint density at radius 2 is 1.95 bits per heavy atom. The highest BCUT2D eigenvalue weighted by Gasteiger charge is 2.29. The number of aromatic nitrogens is 2. The van der Waals surface area contributed by atoms with E-state index in [0.717, 1.165) is 0 Å². The van der Waals surface area contributed by atoms with E-state index in [4.69, 9.17) is 0 Å². The lowest BCUT2D eigenvalue weighted by molar-refractivity contribution is 0.0572. The van der Waals surface area contributed by atoms with E-state index < -0.39 is 12.2 Å². The maximum Gasteiger partial charge on any atom is 0.258 e. The fourth-order valence-electron chi connectivity index (χ4n) is 2.40. The van der Waals surface area contributed by atoms with E-state index in [1.54, 1.807) is 18.2 Å². The van der Waals surface area contributed by atoms with Gasteiger partial charge in [-0.2, -0.15) is 0 Å². The molecule has 1 fully saturated rings. The molecule has 1 aliphatic rings. The van der Waals surface area contributed by atoms with Gasteiger partial charge in [-0.3, -0.25) is 9.69 Å². The average Bonchev–Trinajstić information content (AvgIpc) is 2.68. The highest BCUT2D eigenvalue weighted by molar-refractivity contribution is 5.77. The fraction of sp³-hybridized carbons (Fsp3) is 0.385. The van der Waals surface area contributed by atoms with Gasteiger partial charge in [0.25, 0.3) is 5.56 Å². The number of β-amino-alcohol motifs (C(OH)–C–C–N with tert-alkyl or cyclic N) is 2. The number of H-pyrrole nitrogens is 1. The molecule has 19 heavy (non-hydrogen) atoms. The van der Waals surface area contributed by atoms with Crippen molar-refractivity contribution in [3.8, 4) is 0 Å². The van der Waals surface area contributed by atoms with Crippen molar-refractivity contribution in [3.63, 3.8) is 0 Å². The summed E-state index contributed by atoms with van der Waals surface area (Å²) in [6, 6.07) is 7.16. The van der Waals surface area contributed by atoms with Gasteiger partial charge in [-0.25, -0.2) is 4.98 Å². The lowest BCUT2D eigenvalue weighted by Gasteiger charge is -2.13. The number of likely N-dealkylation sites (tertiary alicyclic amines) is 1. The molecule has 6 heteroatoms.